The van der Waals surface area contributed by atoms with Gasteiger partial charge in [0.05, 0.1) is 23.9 Å². The molecular formula is C12H27O5P. The number of phosphoric acid groups is 1. The first-order valence-electron chi connectivity index (χ1n) is 6.20. The van der Waals surface area contributed by atoms with E-state index in [1.165, 1.54) is 0 Å². The van der Waals surface area contributed by atoms with E-state index in [2.05, 4.69) is 0 Å². The van der Waals surface area contributed by atoms with Gasteiger partial charge in [0.2, 0.25) is 0 Å². The fraction of sp³-hybridized carbons (Fsp3) is 1.00. The molecule has 2 atom stereocenters. The van der Waals surface area contributed by atoms with Gasteiger partial charge in [-0.1, -0.05) is 6.92 Å². The van der Waals surface area contributed by atoms with Crippen molar-refractivity contribution in [1.82, 2.24) is 0 Å². The summed E-state index contributed by atoms with van der Waals surface area (Å²) < 4.78 is 27.5. The first kappa shape index (κ1) is 18.1. The SMILES string of the molecule is CC[C@@H](COC(C)(C)C)OP(=O)(O)OC(C)(C)C. The molecule has 5 nitrogen and oxygen atoms in total. The number of rotatable bonds is 6. The summed E-state index contributed by atoms with van der Waals surface area (Å²) in [5, 5.41) is 0. The highest BCUT2D eigenvalue weighted by Crippen LogP contribution is 2.48. The Hall–Kier alpha value is 0.0700. The fourth-order valence-electron chi connectivity index (χ4n) is 1.12. The van der Waals surface area contributed by atoms with E-state index < -0.39 is 19.5 Å². The lowest BCUT2D eigenvalue weighted by Crippen LogP contribution is -2.28. The zero-order valence-corrected chi connectivity index (χ0v) is 13.4. The molecule has 0 aliphatic heterocycles. The zero-order chi connectivity index (χ0) is 14.6. The Balaban J connectivity index is 4.40. The molecule has 0 rings (SSSR count). The molecule has 0 amide bonds. The molecule has 0 saturated carbocycles. The van der Waals surface area contributed by atoms with Crippen LogP contribution in [0.15, 0.2) is 0 Å². The van der Waals surface area contributed by atoms with Crippen LogP contribution in [0.3, 0.4) is 0 Å². The second kappa shape index (κ2) is 6.49. The molecule has 110 valence electrons. The van der Waals surface area contributed by atoms with Crippen molar-refractivity contribution in [3.05, 3.63) is 0 Å². The minimum atomic E-state index is -4.05. The third-order valence-corrected chi connectivity index (χ3v) is 3.17. The first-order chi connectivity index (χ1) is 7.85. The van der Waals surface area contributed by atoms with Crippen molar-refractivity contribution in [1.29, 1.82) is 0 Å². The van der Waals surface area contributed by atoms with E-state index in [9.17, 15) is 9.46 Å². The summed E-state index contributed by atoms with van der Waals surface area (Å²) >= 11 is 0. The third kappa shape index (κ3) is 10.0. The normalized spacial score (nSPS) is 18.4. The minimum absolute atomic E-state index is 0.262. The molecule has 0 radical (unpaired) electrons. The van der Waals surface area contributed by atoms with Crippen LogP contribution in [0.4, 0.5) is 0 Å². The molecule has 6 heteroatoms. The summed E-state index contributed by atoms with van der Waals surface area (Å²) in [7, 11) is -4.05. The average molecular weight is 282 g/mol. The Morgan fingerprint density at radius 3 is 1.94 bits per heavy atom. The van der Waals surface area contributed by atoms with Crippen molar-refractivity contribution in [2.75, 3.05) is 6.61 Å². The van der Waals surface area contributed by atoms with E-state index in [1.807, 2.05) is 27.7 Å². The lowest BCUT2D eigenvalue weighted by atomic mass is 10.2. The van der Waals surface area contributed by atoms with Crippen LogP contribution < -0.4 is 0 Å². The first-order valence-corrected chi connectivity index (χ1v) is 7.70. The van der Waals surface area contributed by atoms with Gasteiger partial charge in [-0.3, -0.25) is 9.05 Å². The molecule has 0 saturated heterocycles. The highest BCUT2D eigenvalue weighted by molar-refractivity contribution is 7.47. The van der Waals surface area contributed by atoms with Gasteiger partial charge >= 0.3 is 7.82 Å². The Bertz CT molecular complexity index is 290. The Labute approximate surface area is 110 Å². The molecular weight excluding hydrogens is 255 g/mol. The van der Waals surface area contributed by atoms with Crippen LogP contribution in [-0.4, -0.2) is 28.8 Å². The Morgan fingerprint density at radius 1 is 1.11 bits per heavy atom. The van der Waals surface area contributed by atoms with E-state index in [4.69, 9.17) is 13.8 Å². The van der Waals surface area contributed by atoms with Gasteiger partial charge in [0.25, 0.3) is 0 Å². The van der Waals surface area contributed by atoms with E-state index in [1.54, 1.807) is 20.8 Å². The molecule has 0 aliphatic carbocycles. The molecule has 1 unspecified atom stereocenters. The van der Waals surface area contributed by atoms with E-state index in [0.717, 1.165) is 0 Å². The minimum Gasteiger partial charge on any atom is -0.373 e. The van der Waals surface area contributed by atoms with Gasteiger partial charge in [-0.05, 0) is 48.0 Å². The van der Waals surface area contributed by atoms with Crippen molar-refractivity contribution in [2.45, 2.75) is 72.2 Å². The predicted octanol–water partition coefficient (Wildman–Crippen LogP) is 3.51. The zero-order valence-electron chi connectivity index (χ0n) is 12.5. The summed E-state index contributed by atoms with van der Waals surface area (Å²) in [4.78, 5) is 9.64. The molecule has 0 aromatic carbocycles. The van der Waals surface area contributed by atoms with Crippen LogP contribution in [0.25, 0.3) is 0 Å². The van der Waals surface area contributed by atoms with Crippen molar-refractivity contribution >= 4 is 7.82 Å². The van der Waals surface area contributed by atoms with E-state index in [-0.39, 0.29) is 12.2 Å². The van der Waals surface area contributed by atoms with Crippen LogP contribution in [0.1, 0.15) is 54.9 Å². The third-order valence-electron chi connectivity index (χ3n) is 1.83. The molecule has 0 bridgehead atoms. The van der Waals surface area contributed by atoms with Crippen LogP contribution in [0.2, 0.25) is 0 Å². The maximum atomic E-state index is 11.8. The van der Waals surface area contributed by atoms with Gasteiger partial charge in [-0.2, -0.15) is 0 Å². The molecule has 0 fully saturated rings. The number of phosphoric ester groups is 1. The predicted molar refractivity (Wildman–Crippen MR) is 71.5 cm³/mol. The molecule has 0 heterocycles. The smallest absolute Gasteiger partial charge is 0.373 e. The van der Waals surface area contributed by atoms with Gasteiger partial charge in [0.1, 0.15) is 0 Å². The monoisotopic (exact) mass is 282 g/mol. The van der Waals surface area contributed by atoms with Gasteiger partial charge in [-0.15, -0.1) is 0 Å². The molecule has 0 aliphatic rings. The molecule has 1 N–H and O–H groups in total. The summed E-state index contributed by atoms with van der Waals surface area (Å²) in [5.74, 6) is 0. The summed E-state index contributed by atoms with van der Waals surface area (Å²) in [6.45, 7) is 13.0. The van der Waals surface area contributed by atoms with Crippen molar-refractivity contribution in [3.8, 4) is 0 Å². The van der Waals surface area contributed by atoms with Crippen molar-refractivity contribution in [3.63, 3.8) is 0 Å². The average Bonchev–Trinajstić information content (AvgIpc) is 2.06. The van der Waals surface area contributed by atoms with Crippen LogP contribution in [0, 0.1) is 0 Å². The van der Waals surface area contributed by atoms with E-state index >= 15 is 0 Å². The number of hydrogen-bond donors (Lipinski definition) is 1. The molecule has 0 aromatic rings. The van der Waals surface area contributed by atoms with Gasteiger partial charge in [-0.25, -0.2) is 4.57 Å². The van der Waals surface area contributed by atoms with Crippen LogP contribution >= 0.6 is 7.82 Å². The molecule has 18 heavy (non-hydrogen) atoms. The summed E-state index contributed by atoms with van der Waals surface area (Å²) in [6.07, 6.45) is 0.121. The fourth-order valence-corrected chi connectivity index (χ4v) is 2.44. The number of hydrogen-bond acceptors (Lipinski definition) is 4. The maximum absolute atomic E-state index is 11.8. The second-order valence-corrected chi connectivity index (χ2v) is 7.56. The lowest BCUT2D eigenvalue weighted by Gasteiger charge is -2.27. The second-order valence-electron chi connectivity index (χ2n) is 6.23. The highest BCUT2D eigenvalue weighted by atomic mass is 31.2. The van der Waals surface area contributed by atoms with Crippen molar-refractivity contribution in [2.24, 2.45) is 0 Å². The van der Waals surface area contributed by atoms with Gasteiger partial charge < -0.3 is 9.63 Å². The standard InChI is InChI=1S/C12H27O5P/c1-8-10(9-15-11(2,3)4)16-18(13,14)17-12(5,6)7/h10H,8-9H2,1-7H3,(H,13,14)/t10-/m0/s1. The summed E-state index contributed by atoms with van der Waals surface area (Å²) in [5.41, 5.74) is -1.03. The van der Waals surface area contributed by atoms with Crippen molar-refractivity contribution < 1.29 is 23.2 Å². The van der Waals surface area contributed by atoms with Crippen LogP contribution in [0.5, 0.6) is 0 Å². The maximum Gasteiger partial charge on any atom is 0.473 e. The van der Waals surface area contributed by atoms with Crippen LogP contribution in [-0.2, 0) is 18.3 Å². The molecule has 0 aromatic heterocycles. The number of ether oxygens (including phenoxy) is 1. The molecule has 0 spiro atoms. The Morgan fingerprint density at radius 2 is 1.61 bits per heavy atom. The lowest BCUT2D eigenvalue weighted by molar-refractivity contribution is -0.0547. The topological polar surface area (TPSA) is 65.0 Å². The van der Waals surface area contributed by atoms with Gasteiger partial charge in [0, 0.05) is 0 Å². The highest BCUT2D eigenvalue weighted by Gasteiger charge is 2.32. The van der Waals surface area contributed by atoms with Gasteiger partial charge in [0.15, 0.2) is 0 Å². The van der Waals surface area contributed by atoms with E-state index in [0.29, 0.717) is 6.42 Å². The quantitative estimate of drug-likeness (QED) is 0.755. The Kier molecular flexibility index (Phi) is 6.51. The summed E-state index contributed by atoms with van der Waals surface area (Å²) in [6, 6.07) is 0. The largest absolute Gasteiger partial charge is 0.473 e.